The van der Waals surface area contributed by atoms with Gasteiger partial charge in [-0.3, -0.25) is 9.59 Å². The highest BCUT2D eigenvalue weighted by Gasteiger charge is 2.15. The Bertz CT molecular complexity index is 1740. The Morgan fingerprint density at radius 1 is 0.814 bits per heavy atom. The lowest BCUT2D eigenvalue weighted by Gasteiger charge is -2.20. The highest BCUT2D eigenvalue weighted by molar-refractivity contribution is 6.06. The van der Waals surface area contributed by atoms with E-state index in [0.717, 1.165) is 40.8 Å². The van der Waals surface area contributed by atoms with Crippen LogP contribution in [0.1, 0.15) is 40.9 Å². The number of nitrogens with zero attached hydrogens (tertiary/aromatic N) is 3. The average molecular weight is 570 g/mol. The van der Waals surface area contributed by atoms with Crippen molar-refractivity contribution in [1.82, 2.24) is 15.3 Å². The molecule has 2 amide bonds. The number of amides is 2. The van der Waals surface area contributed by atoms with Crippen molar-refractivity contribution in [2.75, 3.05) is 18.0 Å². The largest absolute Gasteiger partial charge is 0.372 e. The van der Waals surface area contributed by atoms with Crippen LogP contribution in [0.2, 0.25) is 0 Å². The van der Waals surface area contributed by atoms with Crippen LogP contribution in [0.25, 0.3) is 17.0 Å². The Morgan fingerprint density at radius 2 is 1.47 bits per heavy atom. The van der Waals surface area contributed by atoms with Gasteiger partial charge in [0.15, 0.2) is 0 Å². The summed E-state index contributed by atoms with van der Waals surface area (Å²) in [6.45, 7) is 6.73. The van der Waals surface area contributed by atoms with E-state index in [1.54, 1.807) is 36.6 Å². The molecule has 5 aromatic rings. The minimum absolute atomic E-state index is 0.0908. The van der Waals surface area contributed by atoms with E-state index in [9.17, 15) is 9.59 Å². The van der Waals surface area contributed by atoms with Gasteiger partial charge >= 0.3 is 0 Å². The fourth-order valence-electron chi connectivity index (χ4n) is 4.99. The minimum Gasteiger partial charge on any atom is -0.372 e. The Kier molecular flexibility index (Phi) is 9.44. The number of fused-ring (bicyclic) bond motifs is 1. The van der Waals surface area contributed by atoms with Gasteiger partial charge in [0, 0.05) is 53.5 Å². The van der Waals surface area contributed by atoms with Crippen LogP contribution >= 0.6 is 0 Å². The number of aromatic nitrogens is 1. The van der Waals surface area contributed by atoms with E-state index in [4.69, 9.17) is 0 Å². The second-order valence-corrected chi connectivity index (χ2v) is 10.1. The summed E-state index contributed by atoms with van der Waals surface area (Å²) in [5, 5.41) is 8.08. The predicted molar refractivity (Wildman–Crippen MR) is 175 cm³/mol. The molecule has 4 aromatic carbocycles. The van der Waals surface area contributed by atoms with Gasteiger partial charge < -0.3 is 14.8 Å². The lowest BCUT2D eigenvalue weighted by atomic mass is 10.1. The first-order valence-corrected chi connectivity index (χ1v) is 14.4. The topological polar surface area (TPSA) is 78.7 Å². The van der Waals surface area contributed by atoms with Crippen molar-refractivity contribution >= 4 is 40.7 Å². The number of hydrogen-bond acceptors (Lipinski definition) is 4. The molecule has 0 spiro atoms. The molecule has 5 rings (SSSR count). The molecule has 0 radical (unpaired) electrons. The molecule has 0 aliphatic heterocycles. The van der Waals surface area contributed by atoms with E-state index >= 15 is 0 Å². The zero-order valence-corrected chi connectivity index (χ0v) is 24.4. The van der Waals surface area contributed by atoms with E-state index in [2.05, 4.69) is 57.4 Å². The van der Waals surface area contributed by atoms with Crippen LogP contribution in [0.3, 0.4) is 0 Å². The molecular weight excluding hydrogens is 534 g/mol. The number of carbonyl (C=O) groups is 2. The monoisotopic (exact) mass is 569 g/mol. The second kappa shape index (κ2) is 14.0. The summed E-state index contributed by atoms with van der Waals surface area (Å²) in [6, 6.07) is 35.0. The smallest absolute Gasteiger partial charge is 0.287 e. The van der Waals surface area contributed by atoms with Crippen molar-refractivity contribution in [3.05, 3.63) is 143 Å². The summed E-state index contributed by atoms with van der Waals surface area (Å²) < 4.78 is 2.17. The lowest BCUT2D eigenvalue weighted by molar-refractivity contribution is -0.117. The molecule has 1 aromatic heterocycles. The van der Waals surface area contributed by atoms with Crippen LogP contribution in [-0.2, 0) is 11.3 Å². The summed E-state index contributed by atoms with van der Waals surface area (Å²) in [6.07, 6.45) is 5.32. The normalized spacial score (nSPS) is 11.5. The summed E-state index contributed by atoms with van der Waals surface area (Å²) in [5.41, 5.74) is 8.16. The number of carbonyl (C=O) groups excluding carboxylic acids is 2. The van der Waals surface area contributed by atoms with Gasteiger partial charge in [-0.1, -0.05) is 78.9 Å². The molecule has 7 nitrogen and oxygen atoms in total. The van der Waals surface area contributed by atoms with Crippen molar-refractivity contribution in [2.24, 2.45) is 5.10 Å². The average Bonchev–Trinajstić information content (AvgIpc) is 3.39. The number of hydrazone groups is 1. The van der Waals surface area contributed by atoms with Gasteiger partial charge in [0.2, 0.25) is 0 Å². The molecule has 0 unspecified atom stereocenters. The molecule has 0 atom stereocenters. The van der Waals surface area contributed by atoms with Gasteiger partial charge in [0.05, 0.1) is 6.21 Å². The summed E-state index contributed by atoms with van der Waals surface area (Å²) in [4.78, 5) is 28.6. The lowest BCUT2D eigenvalue weighted by Crippen LogP contribution is -2.32. The van der Waals surface area contributed by atoms with Gasteiger partial charge in [-0.2, -0.15) is 5.10 Å². The van der Waals surface area contributed by atoms with Gasteiger partial charge in [0.1, 0.15) is 5.70 Å². The highest BCUT2D eigenvalue weighted by Crippen LogP contribution is 2.21. The molecule has 216 valence electrons. The van der Waals surface area contributed by atoms with E-state index in [-0.39, 0.29) is 11.6 Å². The fraction of sp³-hybridized carbons (Fsp3) is 0.139. The Balaban J connectivity index is 1.38. The molecule has 0 fully saturated rings. The molecular formula is C36H35N5O2. The minimum atomic E-state index is -0.527. The zero-order valence-electron chi connectivity index (χ0n) is 24.4. The van der Waals surface area contributed by atoms with Crippen molar-refractivity contribution in [3.63, 3.8) is 0 Å². The van der Waals surface area contributed by atoms with Gasteiger partial charge in [-0.15, -0.1) is 0 Å². The van der Waals surface area contributed by atoms with Crippen LogP contribution in [0.4, 0.5) is 5.69 Å². The first kappa shape index (κ1) is 29.1. The third-order valence-corrected chi connectivity index (χ3v) is 7.25. The van der Waals surface area contributed by atoms with Gasteiger partial charge in [-0.25, -0.2) is 5.43 Å². The standard InChI is InChI=1S/C36H35N5O2/c1-3-40(4-2)31-21-19-27(20-22-31)23-33(38-35(42)29-15-9-6-10-16-29)36(43)39-37-24-30-26-41(25-28-13-7-5-8-14-28)34-18-12-11-17-32(30)34/h5-24,26H,3-4,25H2,1-2H3,(H,38,42)(H,39,43). The first-order chi connectivity index (χ1) is 21.1. The number of rotatable bonds is 11. The van der Waals surface area contributed by atoms with Crippen molar-refractivity contribution in [1.29, 1.82) is 0 Å². The summed E-state index contributed by atoms with van der Waals surface area (Å²) in [5.74, 6) is -0.906. The second-order valence-electron chi connectivity index (χ2n) is 10.1. The van der Waals surface area contributed by atoms with Crippen molar-refractivity contribution in [2.45, 2.75) is 20.4 Å². The first-order valence-electron chi connectivity index (χ1n) is 14.4. The van der Waals surface area contributed by atoms with E-state index < -0.39 is 5.91 Å². The van der Waals surface area contributed by atoms with Crippen LogP contribution in [-0.4, -0.2) is 35.7 Å². The molecule has 0 aliphatic carbocycles. The summed E-state index contributed by atoms with van der Waals surface area (Å²) in [7, 11) is 0. The molecule has 43 heavy (non-hydrogen) atoms. The molecule has 2 N–H and O–H groups in total. The number of nitrogens with one attached hydrogen (secondary N) is 2. The van der Waals surface area contributed by atoms with Gasteiger partial charge in [-0.05, 0) is 61.4 Å². The van der Waals surface area contributed by atoms with Crippen molar-refractivity contribution in [3.8, 4) is 0 Å². The molecule has 0 bridgehead atoms. The number of benzene rings is 4. The Morgan fingerprint density at radius 3 is 2.16 bits per heavy atom. The Hall–Kier alpha value is -5.43. The van der Waals surface area contributed by atoms with E-state index in [1.165, 1.54) is 5.56 Å². The van der Waals surface area contributed by atoms with Gasteiger partial charge in [0.25, 0.3) is 11.8 Å². The number of hydrogen-bond donors (Lipinski definition) is 2. The third-order valence-electron chi connectivity index (χ3n) is 7.25. The fourth-order valence-corrected chi connectivity index (χ4v) is 4.99. The Labute approximate surface area is 252 Å². The van der Waals surface area contributed by atoms with Crippen LogP contribution in [0, 0.1) is 0 Å². The zero-order chi connectivity index (χ0) is 30.0. The molecule has 1 heterocycles. The predicted octanol–water partition coefficient (Wildman–Crippen LogP) is 6.46. The van der Waals surface area contributed by atoms with Crippen LogP contribution < -0.4 is 15.6 Å². The SMILES string of the molecule is CCN(CC)c1ccc(C=C(NC(=O)c2ccccc2)C(=O)NN=Cc2cn(Cc3ccccc3)c3ccccc23)cc1. The molecule has 7 heteroatoms. The van der Waals surface area contributed by atoms with Crippen molar-refractivity contribution < 1.29 is 9.59 Å². The molecule has 0 saturated carbocycles. The number of para-hydroxylation sites is 1. The van der Waals surface area contributed by atoms with Crippen LogP contribution in [0.15, 0.2) is 126 Å². The summed E-state index contributed by atoms with van der Waals surface area (Å²) >= 11 is 0. The quantitative estimate of drug-likeness (QED) is 0.109. The maximum atomic E-state index is 13.4. The molecule has 0 saturated heterocycles. The van der Waals surface area contributed by atoms with E-state index in [1.807, 2.05) is 72.9 Å². The highest BCUT2D eigenvalue weighted by atomic mass is 16.2. The maximum absolute atomic E-state index is 13.4. The third kappa shape index (κ3) is 7.26. The molecule has 0 aliphatic rings. The number of anilines is 1. The van der Waals surface area contributed by atoms with E-state index in [0.29, 0.717) is 12.1 Å². The maximum Gasteiger partial charge on any atom is 0.287 e. The van der Waals surface area contributed by atoms with Crippen LogP contribution in [0.5, 0.6) is 0 Å².